The summed E-state index contributed by atoms with van der Waals surface area (Å²) in [7, 11) is 2.99. The van der Waals surface area contributed by atoms with Crippen molar-refractivity contribution in [1.29, 1.82) is 0 Å². The Balaban J connectivity index is 1.90. The van der Waals surface area contributed by atoms with Crippen LogP contribution in [0, 0.1) is 0 Å². The van der Waals surface area contributed by atoms with E-state index in [-0.39, 0.29) is 5.97 Å². The molecule has 6 nitrogen and oxygen atoms in total. The van der Waals surface area contributed by atoms with E-state index >= 15 is 0 Å². The molecule has 6 heteroatoms. The predicted molar refractivity (Wildman–Crippen MR) is 94.7 cm³/mol. The number of aromatic nitrogens is 3. The summed E-state index contributed by atoms with van der Waals surface area (Å²) in [6.45, 7) is 0. The van der Waals surface area contributed by atoms with E-state index in [2.05, 4.69) is 15.0 Å². The van der Waals surface area contributed by atoms with E-state index in [1.807, 2.05) is 24.3 Å². The zero-order valence-electron chi connectivity index (χ0n) is 13.7. The largest absolute Gasteiger partial charge is 0.494 e. The van der Waals surface area contributed by atoms with Crippen LogP contribution in [0.5, 0.6) is 5.75 Å². The van der Waals surface area contributed by atoms with Gasteiger partial charge in [0.05, 0.1) is 30.8 Å². The predicted octanol–water partition coefficient (Wildman–Crippen LogP) is 3.57. The maximum atomic E-state index is 11.7. The molecule has 2 aromatic heterocycles. The van der Waals surface area contributed by atoms with Gasteiger partial charge in [0.1, 0.15) is 17.1 Å². The molecule has 0 aliphatic heterocycles. The normalized spacial score (nSPS) is 11.0. The SMILES string of the molecule is COC(=O)c1ccc2nc(-c3ccc(OC)c4ncccc34)[nH]c2c1. The maximum absolute atomic E-state index is 11.7. The Bertz CT molecular complexity index is 1100. The molecule has 0 fully saturated rings. The Morgan fingerprint density at radius 2 is 2.00 bits per heavy atom. The lowest BCUT2D eigenvalue weighted by Gasteiger charge is -2.07. The Morgan fingerprint density at radius 1 is 1.12 bits per heavy atom. The standard InChI is InChI=1S/C19H15N3O3/c1-24-16-8-6-13(12-4-3-9-20-17(12)16)18-21-14-7-5-11(19(23)25-2)10-15(14)22-18/h3-10H,1-2H3,(H,21,22). The van der Waals surface area contributed by atoms with Gasteiger partial charge in [-0.05, 0) is 36.4 Å². The number of aromatic amines is 1. The van der Waals surface area contributed by atoms with Crippen molar-refractivity contribution in [2.24, 2.45) is 0 Å². The molecule has 0 aliphatic carbocycles. The Morgan fingerprint density at radius 3 is 2.80 bits per heavy atom. The molecule has 25 heavy (non-hydrogen) atoms. The van der Waals surface area contributed by atoms with Crippen LogP contribution in [0.15, 0.2) is 48.7 Å². The number of hydrogen-bond donors (Lipinski definition) is 1. The first kappa shape index (κ1) is 15.1. The number of rotatable bonds is 3. The summed E-state index contributed by atoms with van der Waals surface area (Å²) in [5.74, 6) is 1.04. The number of benzene rings is 2. The Labute approximate surface area is 143 Å². The van der Waals surface area contributed by atoms with Gasteiger partial charge in [-0.15, -0.1) is 0 Å². The van der Waals surface area contributed by atoms with E-state index < -0.39 is 0 Å². The molecule has 0 saturated carbocycles. The third kappa shape index (κ3) is 2.48. The molecular weight excluding hydrogens is 318 g/mol. The van der Waals surface area contributed by atoms with Gasteiger partial charge in [-0.1, -0.05) is 6.07 Å². The second-order valence-corrected chi connectivity index (χ2v) is 5.52. The lowest BCUT2D eigenvalue weighted by molar-refractivity contribution is 0.0601. The number of hydrogen-bond acceptors (Lipinski definition) is 5. The zero-order valence-corrected chi connectivity index (χ0v) is 13.7. The molecule has 0 bridgehead atoms. The van der Waals surface area contributed by atoms with Crippen LogP contribution in [-0.2, 0) is 4.74 Å². The number of nitrogens with zero attached hydrogens (tertiary/aromatic N) is 2. The number of H-pyrrole nitrogens is 1. The van der Waals surface area contributed by atoms with Gasteiger partial charge < -0.3 is 14.5 Å². The van der Waals surface area contributed by atoms with Gasteiger partial charge in [0, 0.05) is 17.1 Å². The van der Waals surface area contributed by atoms with Crippen LogP contribution in [0.4, 0.5) is 0 Å². The summed E-state index contributed by atoms with van der Waals surface area (Å²) in [5, 5.41) is 0.939. The van der Waals surface area contributed by atoms with Gasteiger partial charge in [-0.3, -0.25) is 4.98 Å². The minimum absolute atomic E-state index is 0.378. The summed E-state index contributed by atoms with van der Waals surface area (Å²) >= 11 is 0. The Hall–Kier alpha value is -3.41. The van der Waals surface area contributed by atoms with Crippen molar-refractivity contribution < 1.29 is 14.3 Å². The molecule has 0 radical (unpaired) electrons. The third-order valence-electron chi connectivity index (χ3n) is 4.11. The van der Waals surface area contributed by atoms with Gasteiger partial charge in [0.2, 0.25) is 0 Å². The molecule has 124 valence electrons. The number of ether oxygens (including phenoxy) is 2. The Kier molecular flexibility index (Phi) is 3.57. The van der Waals surface area contributed by atoms with Crippen molar-refractivity contribution in [3.05, 3.63) is 54.2 Å². The lowest BCUT2D eigenvalue weighted by atomic mass is 10.1. The van der Waals surface area contributed by atoms with E-state index in [1.54, 1.807) is 31.5 Å². The van der Waals surface area contributed by atoms with Gasteiger partial charge in [0.15, 0.2) is 0 Å². The highest BCUT2D eigenvalue weighted by atomic mass is 16.5. The highest BCUT2D eigenvalue weighted by molar-refractivity contribution is 5.98. The highest BCUT2D eigenvalue weighted by Gasteiger charge is 2.14. The quantitative estimate of drug-likeness (QED) is 0.580. The van der Waals surface area contributed by atoms with E-state index in [4.69, 9.17) is 9.47 Å². The number of pyridine rings is 1. The number of carbonyl (C=O) groups excluding carboxylic acids is 1. The maximum Gasteiger partial charge on any atom is 0.337 e. The summed E-state index contributed by atoms with van der Waals surface area (Å²) < 4.78 is 10.2. The summed E-state index contributed by atoms with van der Waals surface area (Å²) in [6, 6.07) is 12.9. The fourth-order valence-electron chi connectivity index (χ4n) is 2.90. The number of carbonyl (C=O) groups is 1. The lowest BCUT2D eigenvalue weighted by Crippen LogP contribution is -2.00. The molecule has 0 unspecified atom stereocenters. The first-order valence-electron chi connectivity index (χ1n) is 7.71. The van der Waals surface area contributed by atoms with Crippen LogP contribution in [0.1, 0.15) is 10.4 Å². The molecule has 2 heterocycles. The smallest absolute Gasteiger partial charge is 0.337 e. The van der Waals surface area contributed by atoms with Crippen LogP contribution in [0.2, 0.25) is 0 Å². The molecule has 0 atom stereocenters. The van der Waals surface area contributed by atoms with E-state index in [0.717, 1.165) is 27.5 Å². The van der Waals surface area contributed by atoms with Crippen molar-refractivity contribution in [2.45, 2.75) is 0 Å². The van der Waals surface area contributed by atoms with Crippen LogP contribution >= 0.6 is 0 Å². The summed E-state index contributed by atoms with van der Waals surface area (Å²) in [5.41, 5.74) is 3.71. The fraction of sp³-hybridized carbons (Fsp3) is 0.105. The molecule has 1 N–H and O–H groups in total. The second-order valence-electron chi connectivity index (χ2n) is 5.52. The van der Waals surface area contributed by atoms with Crippen molar-refractivity contribution in [1.82, 2.24) is 15.0 Å². The van der Waals surface area contributed by atoms with Crippen LogP contribution in [0.3, 0.4) is 0 Å². The summed E-state index contributed by atoms with van der Waals surface area (Å²) in [4.78, 5) is 24.0. The fourth-order valence-corrected chi connectivity index (χ4v) is 2.90. The van der Waals surface area contributed by atoms with Crippen molar-refractivity contribution in [2.75, 3.05) is 14.2 Å². The average molecular weight is 333 g/mol. The molecule has 0 spiro atoms. The molecule has 0 amide bonds. The molecular formula is C19H15N3O3. The van der Waals surface area contributed by atoms with Gasteiger partial charge in [-0.2, -0.15) is 0 Å². The number of methoxy groups -OCH3 is 2. The van der Waals surface area contributed by atoms with Gasteiger partial charge in [0.25, 0.3) is 0 Å². The number of imidazole rings is 1. The molecule has 0 aliphatic rings. The number of esters is 1. The molecule has 0 saturated heterocycles. The van der Waals surface area contributed by atoms with Crippen molar-refractivity contribution in [3.63, 3.8) is 0 Å². The zero-order chi connectivity index (χ0) is 17.4. The average Bonchev–Trinajstić information content (AvgIpc) is 3.09. The van der Waals surface area contributed by atoms with Gasteiger partial charge in [-0.25, -0.2) is 9.78 Å². The number of nitrogens with one attached hydrogen (secondary N) is 1. The van der Waals surface area contributed by atoms with Crippen LogP contribution in [0.25, 0.3) is 33.3 Å². The van der Waals surface area contributed by atoms with E-state index in [0.29, 0.717) is 17.1 Å². The van der Waals surface area contributed by atoms with Crippen molar-refractivity contribution >= 4 is 27.9 Å². The van der Waals surface area contributed by atoms with E-state index in [1.165, 1.54) is 7.11 Å². The molecule has 4 rings (SSSR count). The third-order valence-corrected chi connectivity index (χ3v) is 4.11. The minimum atomic E-state index is -0.378. The van der Waals surface area contributed by atoms with Crippen LogP contribution < -0.4 is 4.74 Å². The summed E-state index contributed by atoms with van der Waals surface area (Å²) in [6.07, 6.45) is 1.73. The topological polar surface area (TPSA) is 77.1 Å². The first-order chi connectivity index (χ1) is 12.2. The monoisotopic (exact) mass is 333 g/mol. The first-order valence-corrected chi connectivity index (χ1v) is 7.71. The molecule has 4 aromatic rings. The molecule has 2 aromatic carbocycles. The number of fused-ring (bicyclic) bond motifs is 2. The second kappa shape index (κ2) is 5.90. The van der Waals surface area contributed by atoms with Crippen molar-refractivity contribution in [3.8, 4) is 17.1 Å². The van der Waals surface area contributed by atoms with E-state index in [9.17, 15) is 4.79 Å². The minimum Gasteiger partial charge on any atom is -0.494 e. The highest BCUT2D eigenvalue weighted by Crippen LogP contribution is 2.32. The van der Waals surface area contributed by atoms with Crippen LogP contribution in [-0.4, -0.2) is 35.1 Å². The van der Waals surface area contributed by atoms with Gasteiger partial charge >= 0.3 is 5.97 Å².